The summed E-state index contributed by atoms with van der Waals surface area (Å²) in [6.45, 7) is 6.23. The lowest BCUT2D eigenvalue weighted by molar-refractivity contribution is -0.147. The molecule has 0 aromatic heterocycles. The molecule has 0 aromatic carbocycles. The van der Waals surface area contributed by atoms with Crippen molar-refractivity contribution in [2.45, 2.75) is 83.1 Å². The van der Waals surface area contributed by atoms with Crippen LogP contribution in [0, 0.1) is 11.3 Å². The Morgan fingerprint density at radius 1 is 1.30 bits per heavy atom. The zero-order valence-corrected chi connectivity index (χ0v) is 14.1. The summed E-state index contributed by atoms with van der Waals surface area (Å²) in [5.74, 6) is 0.446. The summed E-state index contributed by atoms with van der Waals surface area (Å²) >= 11 is 0. The van der Waals surface area contributed by atoms with Crippen molar-refractivity contribution >= 4 is 5.78 Å². The molecule has 0 radical (unpaired) electrons. The predicted octanol–water partition coefficient (Wildman–Crippen LogP) is 4.97. The molecule has 0 N–H and O–H groups in total. The third-order valence-electron chi connectivity index (χ3n) is 6.30. The van der Waals surface area contributed by atoms with Gasteiger partial charge in [-0.3, -0.25) is 4.79 Å². The summed E-state index contributed by atoms with van der Waals surface area (Å²) < 4.78 is 44.0. The molecule has 1 aliphatic heterocycles. The van der Waals surface area contributed by atoms with E-state index in [1.165, 1.54) is 0 Å². The zero-order valence-electron chi connectivity index (χ0n) is 14.1. The second-order valence-corrected chi connectivity index (χ2v) is 8.31. The Kier molecular flexibility index (Phi) is 3.75. The van der Waals surface area contributed by atoms with Gasteiger partial charge >= 0.3 is 6.18 Å². The van der Waals surface area contributed by atoms with Crippen molar-refractivity contribution < 1.29 is 22.7 Å². The van der Waals surface area contributed by atoms with Crippen LogP contribution in [0.2, 0.25) is 0 Å². The number of ether oxygens (including phenoxy) is 1. The number of carbonyl (C=O) groups is 1. The quantitative estimate of drug-likeness (QED) is 0.730. The standard InChI is InChI=1S/C18H25F3O2/c1-15(2)13-6-8-16(3)11-14(22)9-12(17(16,10-13)23-15)5-4-7-18(19,20)21/h9,13H,4-8,10-11H2,1-3H3/t13-,16-,17+/m1/s1. The smallest absolute Gasteiger partial charge is 0.364 e. The molecular formula is C18H25F3O2. The molecular weight excluding hydrogens is 305 g/mol. The Hall–Kier alpha value is -0.840. The lowest BCUT2D eigenvalue weighted by atomic mass is 9.55. The second kappa shape index (κ2) is 5.08. The first-order chi connectivity index (χ1) is 10.5. The van der Waals surface area contributed by atoms with Gasteiger partial charge < -0.3 is 4.74 Å². The largest absolute Gasteiger partial charge is 0.389 e. The van der Waals surface area contributed by atoms with Crippen LogP contribution in [-0.4, -0.2) is 23.2 Å². The molecule has 23 heavy (non-hydrogen) atoms. The lowest BCUT2D eigenvalue weighted by Gasteiger charge is -2.51. The van der Waals surface area contributed by atoms with Gasteiger partial charge in [-0.2, -0.15) is 13.2 Å². The number of hydrogen-bond donors (Lipinski definition) is 0. The number of rotatable bonds is 3. The molecule has 2 aliphatic carbocycles. The molecule has 3 atom stereocenters. The molecule has 1 saturated heterocycles. The SMILES string of the molecule is CC1(C)O[C@]23C[C@H]1CC[C@]2(C)CC(=O)C=C3CCCC(F)(F)F. The van der Waals surface area contributed by atoms with Gasteiger partial charge in [-0.25, -0.2) is 0 Å². The number of ketones is 1. The fraction of sp³-hybridized carbons (Fsp3) is 0.833. The first kappa shape index (κ1) is 17.0. The minimum Gasteiger partial charge on any atom is -0.364 e. The fourth-order valence-corrected chi connectivity index (χ4v) is 5.00. The van der Waals surface area contributed by atoms with Crippen LogP contribution in [0.5, 0.6) is 0 Å². The van der Waals surface area contributed by atoms with Crippen molar-refractivity contribution in [1.29, 1.82) is 0 Å². The Bertz CT molecular complexity index is 549. The van der Waals surface area contributed by atoms with Gasteiger partial charge in [0, 0.05) is 18.3 Å². The molecule has 5 heteroatoms. The molecule has 3 rings (SSSR count). The predicted molar refractivity (Wildman–Crippen MR) is 81.0 cm³/mol. The van der Waals surface area contributed by atoms with E-state index in [-0.39, 0.29) is 23.2 Å². The van der Waals surface area contributed by atoms with Gasteiger partial charge in [0.15, 0.2) is 5.78 Å². The molecule has 130 valence electrons. The van der Waals surface area contributed by atoms with Crippen molar-refractivity contribution in [2.75, 3.05) is 0 Å². The number of halogens is 3. The Morgan fingerprint density at radius 2 is 2.00 bits per heavy atom. The maximum atomic E-state index is 12.5. The van der Waals surface area contributed by atoms with Crippen LogP contribution in [0.3, 0.4) is 0 Å². The van der Waals surface area contributed by atoms with Crippen LogP contribution in [-0.2, 0) is 9.53 Å². The van der Waals surface area contributed by atoms with Crippen molar-refractivity contribution in [1.82, 2.24) is 0 Å². The average Bonchev–Trinajstić information content (AvgIpc) is 2.61. The molecule has 0 amide bonds. The molecule has 0 unspecified atom stereocenters. The normalized spacial score (nSPS) is 39.1. The maximum Gasteiger partial charge on any atom is 0.389 e. The van der Waals surface area contributed by atoms with Gasteiger partial charge in [-0.1, -0.05) is 6.92 Å². The van der Waals surface area contributed by atoms with E-state index in [4.69, 9.17) is 4.74 Å². The first-order valence-electron chi connectivity index (χ1n) is 8.48. The van der Waals surface area contributed by atoms with Gasteiger partial charge in [-0.15, -0.1) is 0 Å². The Balaban J connectivity index is 1.90. The van der Waals surface area contributed by atoms with Crippen molar-refractivity contribution in [2.24, 2.45) is 11.3 Å². The van der Waals surface area contributed by atoms with Crippen LogP contribution in [0.25, 0.3) is 0 Å². The number of fused-ring (bicyclic) bond motifs is 1. The number of hydrogen-bond acceptors (Lipinski definition) is 2. The summed E-state index contributed by atoms with van der Waals surface area (Å²) in [4.78, 5) is 12.2. The Morgan fingerprint density at radius 3 is 2.65 bits per heavy atom. The monoisotopic (exact) mass is 330 g/mol. The minimum absolute atomic E-state index is 0.0227. The molecule has 2 nitrogen and oxygen atoms in total. The maximum absolute atomic E-state index is 12.5. The highest BCUT2D eigenvalue weighted by Crippen LogP contribution is 2.64. The minimum atomic E-state index is -4.15. The fourth-order valence-electron chi connectivity index (χ4n) is 5.00. The van der Waals surface area contributed by atoms with Crippen LogP contribution in [0.15, 0.2) is 11.6 Å². The van der Waals surface area contributed by atoms with Crippen molar-refractivity contribution in [3.8, 4) is 0 Å². The van der Waals surface area contributed by atoms with E-state index in [9.17, 15) is 18.0 Å². The molecule has 1 spiro atoms. The third-order valence-corrected chi connectivity index (χ3v) is 6.30. The average molecular weight is 330 g/mol. The van der Waals surface area contributed by atoms with E-state index in [1.807, 2.05) is 0 Å². The number of allylic oxidation sites excluding steroid dienone is 1. The highest BCUT2D eigenvalue weighted by molar-refractivity contribution is 5.93. The highest BCUT2D eigenvalue weighted by atomic mass is 19.4. The molecule has 0 aromatic rings. The summed E-state index contributed by atoms with van der Waals surface area (Å²) in [5.41, 5.74) is -0.299. The first-order valence-corrected chi connectivity index (χ1v) is 8.48. The third kappa shape index (κ3) is 2.75. The van der Waals surface area contributed by atoms with Crippen LogP contribution >= 0.6 is 0 Å². The van der Waals surface area contributed by atoms with E-state index in [0.29, 0.717) is 18.8 Å². The molecule has 3 aliphatic rings. The molecule has 2 bridgehead atoms. The van der Waals surface area contributed by atoms with Gasteiger partial charge in [0.1, 0.15) is 0 Å². The summed E-state index contributed by atoms with van der Waals surface area (Å²) in [7, 11) is 0. The van der Waals surface area contributed by atoms with E-state index in [2.05, 4.69) is 20.8 Å². The van der Waals surface area contributed by atoms with Gasteiger partial charge in [0.2, 0.25) is 0 Å². The van der Waals surface area contributed by atoms with E-state index < -0.39 is 18.2 Å². The van der Waals surface area contributed by atoms with Crippen molar-refractivity contribution in [3.63, 3.8) is 0 Å². The zero-order chi connectivity index (χ0) is 17.1. The number of alkyl halides is 3. The van der Waals surface area contributed by atoms with E-state index >= 15 is 0 Å². The number of carbonyl (C=O) groups excluding carboxylic acids is 1. The molecule has 1 heterocycles. The Labute approximate surface area is 135 Å². The van der Waals surface area contributed by atoms with Crippen LogP contribution < -0.4 is 0 Å². The second-order valence-electron chi connectivity index (χ2n) is 8.31. The molecule has 2 fully saturated rings. The van der Waals surface area contributed by atoms with E-state index in [1.54, 1.807) is 6.08 Å². The summed E-state index contributed by atoms with van der Waals surface area (Å²) in [5, 5.41) is 0. The van der Waals surface area contributed by atoms with Gasteiger partial charge in [-0.05, 0) is 63.5 Å². The molecule has 1 saturated carbocycles. The summed E-state index contributed by atoms with van der Waals surface area (Å²) in [6.07, 6.45) is 0.154. The summed E-state index contributed by atoms with van der Waals surface area (Å²) in [6, 6.07) is 0. The van der Waals surface area contributed by atoms with Crippen LogP contribution in [0.4, 0.5) is 13.2 Å². The van der Waals surface area contributed by atoms with Crippen LogP contribution in [0.1, 0.15) is 65.7 Å². The van der Waals surface area contributed by atoms with Gasteiger partial charge in [0.05, 0.1) is 11.2 Å². The van der Waals surface area contributed by atoms with E-state index in [0.717, 1.165) is 24.8 Å². The highest BCUT2D eigenvalue weighted by Gasteiger charge is 2.65. The topological polar surface area (TPSA) is 26.3 Å². The lowest BCUT2D eigenvalue weighted by Crippen LogP contribution is -2.53. The van der Waals surface area contributed by atoms with Crippen molar-refractivity contribution in [3.05, 3.63) is 11.6 Å². The van der Waals surface area contributed by atoms with Gasteiger partial charge in [0.25, 0.3) is 0 Å².